The Bertz CT molecular complexity index is 466. The molecular weight excluding hydrogens is 234 g/mol. The summed E-state index contributed by atoms with van der Waals surface area (Å²) < 4.78 is 0. The van der Waals surface area contributed by atoms with E-state index in [0.717, 1.165) is 6.42 Å². The first-order valence-electron chi connectivity index (χ1n) is 7.64. The first kappa shape index (κ1) is 13.0. The molecule has 2 nitrogen and oxygen atoms in total. The predicted octanol–water partition coefficient (Wildman–Crippen LogP) is 3.94. The third kappa shape index (κ3) is 2.51. The molecule has 3 rings (SSSR count). The van der Waals surface area contributed by atoms with Crippen molar-refractivity contribution < 1.29 is 5.11 Å². The summed E-state index contributed by atoms with van der Waals surface area (Å²) in [6.07, 6.45) is 7.63. The van der Waals surface area contributed by atoms with Gasteiger partial charge < -0.3 is 10.4 Å². The predicted molar refractivity (Wildman–Crippen MR) is 78.3 cm³/mol. The second kappa shape index (κ2) is 4.82. The highest BCUT2D eigenvalue weighted by Crippen LogP contribution is 2.39. The Hall–Kier alpha value is -1.02. The fourth-order valence-corrected chi connectivity index (χ4v) is 3.82. The molecule has 2 aliphatic rings. The van der Waals surface area contributed by atoms with E-state index in [2.05, 4.69) is 25.2 Å². The van der Waals surface area contributed by atoms with Crippen molar-refractivity contribution in [3.8, 4) is 5.75 Å². The van der Waals surface area contributed by atoms with Gasteiger partial charge in [-0.15, -0.1) is 0 Å². The van der Waals surface area contributed by atoms with Crippen molar-refractivity contribution in [2.45, 2.75) is 64.5 Å². The zero-order chi connectivity index (χ0) is 13.5. The zero-order valence-electron chi connectivity index (χ0n) is 12.1. The van der Waals surface area contributed by atoms with Crippen molar-refractivity contribution in [2.75, 3.05) is 0 Å². The molecule has 0 amide bonds. The van der Waals surface area contributed by atoms with Crippen molar-refractivity contribution in [2.24, 2.45) is 5.41 Å². The van der Waals surface area contributed by atoms with Gasteiger partial charge in [-0.2, -0.15) is 0 Å². The number of benzene rings is 1. The average Bonchev–Trinajstić information content (AvgIpc) is 2.74. The van der Waals surface area contributed by atoms with Crippen LogP contribution in [0.4, 0.5) is 0 Å². The van der Waals surface area contributed by atoms with Gasteiger partial charge in [0.05, 0.1) is 0 Å². The van der Waals surface area contributed by atoms with Gasteiger partial charge in [0.2, 0.25) is 0 Å². The van der Waals surface area contributed by atoms with Crippen LogP contribution in [0.25, 0.3) is 0 Å². The number of aryl methyl sites for hydroxylation is 1. The minimum Gasteiger partial charge on any atom is -0.508 e. The Morgan fingerprint density at radius 2 is 2.05 bits per heavy atom. The highest BCUT2D eigenvalue weighted by molar-refractivity contribution is 5.40. The molecule has 0 saturated heterocycles. The molecule has 19 heavy (non-hydrogen) atoms. The van der Waals surface area contributed by atoms with Crippen molar-refractivity contribution in [3.63, 3.8) is 0 Å². The standard InChI is InChI=1S/C17H25NO/c1-17(2)10-4-3-5-16(17)18-15-9-6-12-11-13(19)7-8-14(12)15/h7-8,11,15-16,18-19H,3-6,9-10H2,1-2H3. The maximum Gasteiger partial charge on any atom is 0.115 e. The molecule has 1 fully saturated rings. The van der Waals surface area contributed by atoms with Crippen molar-refractivity contribution in [1.82, 2.24) is 5.32 Å². The maximum absolute atomic E-state index is 9.57. The van der Waals surface area contributed by atoms with Crippen LogP contribution in [0, 0.1) is 5.41 Å². The average molecular weight is 259 g/mol. The number of nitrogens with one attached hydrogen (secondary N) is 1. The smallest absolute Gasteiger partial charge is 0.115 e. The molecule has 0 bridgehead atoms. The van der Waals surface area contributed by atoms with Gasteiger partial charge in [0.15, 0.2) is 0 Å². The molecule has 2 unspecified atom stereocenters. The lowest BCUT2D eigenvalue weighted by atomic mass is 9.73. The van der Waals surface area contributed by atoms with Crippen molar-refractivity contribution >= 4 is 0 Å². The number of aromatic hydroxyl groups is 1. The Morgan fingerprint density at radius 1 is 1.21 bits per heavy atom. The fourth-order valence-electron chi connectivity index (χ4n) is 3.82. The largest absolute Gasteiger partial charge is 0.508 e. The van der Waals surface area contributed by atoms with E-state index >= 15 is 0 Å². The van der Waals surface area contributed by atoms with Crippen LogP contribution < -0.4 is 5.32 Å². The Labute approximate surface area is 116 Å². The number of phenols is 1. The summed E-state index contributed by atoms with van der Waals surface area (Å²) in [6, 6.07) is 6.97. The summed E-state index contributed by atoms with van der Waals surface area (Å²) in [6.45, 7) is 4.80. The lowest BCUT2D eigenvalue weighted by molar-refractivity contribution is 0.155. The molecule has 2 N–H and O–H groups in total. The normalized spacial score (nSPS) is 29.2. The Balaban J connectivity index is 1.75. The molecule has 0 heterocycles. The molecule has 0 radical (unpaired) electrons. The molecule has 0 aliphatic heterocycles. The van der Waals surface area contributed by atoms with Crippen LogP contribution in [-0.2, 0) is 6.42 Å². The number of fused-ring (bicyclic) bond motifs is 1. The lowest BCUT2D eigenvalue weighted by Crippen LogP contribution is -2.45. The van der Waals surface area contributed by atoms with Crippen LogP contribution in [-0.4, -0.2) is 11.1 Å². The fraction of sp³-hybridized carbons (Fsp3) is 0.647. The number of hydrogen-bond acceptors (Lipinski definition) is 2. The minimum atomic E-state index is 0.400. The molecule has 0 spiro atoms. The number of rotatable bonds is 2. The monoisotopic (exact) mass is 259 g/mol. The highest BCUT2D eigenvalue weighted by Gasteiger charge is 2.35. The molecule has 1 saturated carbocycles. The number of phenolic OH excluding ortho intramolecular Hbond substituents is 1. The van der Waals surface area contributed by atoms with Crippen molar-refractivity contribution in [1.29, 1.82) is 0 Å². The first-order valence-corrected chi connectivity index (χ1v) is 7.64. The van der Waals surface area contributed by atoms with Crippen LogP contribution in [0.1, 0.15) is 63.1 Å². The second-order valence-electron chi connectivity index (χ2n) is 6.93. The summed E-state index contributed by atoms with van der Waals surface area (Å²) in [7, 11) is 0. The summed E-state index contributed by atoms with van der Waals surface area (Å²) in [5, 5.41) is 13.5. The van der Waals surface area contributed by atoms with Gasteiger partial charge in [0, 0.05) is 12.1 Å². The van der Waals surface area contributed by atoms with Gasteiger partial charge in [-0.25, -0.2) is 0 Å². The Morgan fingerprint density at radius 3 is 2.84 bits per heavy atom. The van der Waals surface area contributed by atoms with E-state index in [0.29, 0.717) is 23.2 Å². The molecule has 1 aromatic carbocycles. The van der Waals surface area contributed by atoms with Gasteiger partial charge in [-0.1, -0.05) is 32.8 Å². The summed E-state index contributed by atoms with van der Waals surface area (Å²) >= 11 is 0. The third-order valence-electron chi connectivity index (χ3n) is 5.11. The van der Waals surface area contributed by atoms with E-state index in [4.69, 9.17) is 0 Å². The lowest BCUT2D eigenvalue weighted by Gasteiger charge is -2.41. The third-order valence-corrected chi connectivity index (χ3v) is 5.11. The molecular formula is C17H25NO. The summed E-state index contributed by atoms with van der Waals surface area (Å²) in [5.74, 6) is 0.400. The maximum atomic E-state index is 9.57. The Kier molecular flexibility index (Phi) is 3.30. The van der Waals surface area contributed by atoms with Gasteiger partial charge >= 0.3 is 0 Å². The summed E-state index contributed by atoms with van der Waals surface area (Å²) in [4.78, 5) is 0. The van der Waals surface area contributed by atoms with Crippen molar-refractivity contribution in [3.05, 3.63) is 29.3 Å². The van der Waals surface area contributed by atoms with Gasteiger partial charge in [0.1, 0.15) is 5.75 Å². The SMILES string of the molecule is CC1(C)CCCCC1NC1CCc2cc(O)ccc21. The minimum absolute atomic E-state index is 0.400. The van der Waals surface area contributed by atoms with E-state index < -0.39 is 0 Å². The van der Waals surface area contributed by atoms with Crippen LogP contribution in [0.2, 0.25) is 0 Å². The molecule has 1 aromatic rings. The second-order valence-corrected chi connectivity index (χ2v) is 6.93. The van der Waals surface area contributed by atoms with Crippen LogP contribution in [0.15, 0.2) is 18.2 Å². The zero-order valence-corrected chi connectivity index (χ0v) is 12.1. The first-order chi connectivity index (χ1) is 9.06. The molecule has 2 heteroatoms. The molecule has 2 atom stereocenters. The van der Waals surface area contributed by atoms with Gasteiger partial charge in [0.25, 0.3) is 0 Å². The molecule has 2 aliphatic carbocycles. The van der Waals surface area contributed by atoms with E-state index in [9.17, 15) is 5.11 Å². The molecule has 104 valence electrons. The van der Waals surface area contributed by atoms with Gasteiger partial charge in [-0.05, 0) is 54.4 Å². The molecule has 0 aromatic heterocycles. The van der Waals surface area contributed by atoms with E-state index in [1.54, 1.807) is 0 Å². The van der Waals surface area contributed by atoms with Crippen LogP contribution in [0.5, 0.6) is 5.75 Å². The van der Waals surface area contributed by atoms with E-state index in [-0.39, 0.29) is 0 Å². The van der Waals surface area contributed by atoms with Crippen LogP contribution >= 0.6 is 0 Å². The summed E-state index contributed by atoms with van der Waals surface area (Å²) in [5.41, 5.74) is 3.14. The van der Waals surface area contributed by atoms with E-state index in [1.165, 1.54) is 43.2 Å². The van der Waals surface area contributed by atoms with Crippen LogP contribution in [0.3, 0.4) is 0 Å². The van der Waals surface area contributed by atoms with E-state index in [1.807, 2.05) is 12.1 Å². The highest BCUT2D eigenvalue weighted by atomic mass is 16.3. The quantitative estimate of drug-likeness (QED) is 0.843. The number of hydrogen-bond donors (Lipinski definition) is 2. The topological polar surface area (TPSA) is 32.3 Å². The van der Waals surface area contributed by atoms with Gasteiger partial charge in [-0.3, -0.25) is 0 Å².